The first-order valence-electron chi connectivity index (χ1n) is 7.79. The SMILES string of the molecule is COCC(NC(=O)CCN1CCN(C)CC1)c1ccccn1. The van der Waals surface area contributed by atoms with E-state index in [1.165, 1.54) is 0 Å². The molecule has 0 spiro atoms. The third-order valence-electron chi connectivity index (χ3n) is 3.96. The molecule has 0 aromatic carbocycles. The normalized spacial score (nSPS) is 18.1. The van der Waals surface area contributed by atoms with Crippen LogP contribution in [-0.2, 0) is 9.53 Å². The predicted molar refractivity (Wildman–Crippen MR) is 85.6 cm³/mol. The van der Waals surface area contributed by atoms with Crippen LogP contribution in [0, 0.1) is 0 Å². The van der Waals surface area contributed by atoms with E-state index in [2.05, 4.69) is 27.1 Å². The van der Waals surface area contributed by atoms with E-state index in [1.54, 1.807) is 13.3 Å². The number of carbonyl (C=O) groups is 1. The van der Waals surface area contributed by atoms with E-state index in [-0.39, 0.29) is 11.9 Å². The van der Waals surface area contributed by atoms with Gasteiger partial charge >= 0.3 is 0 Å². The number of piperazine rings is 1. The van der Waals surface area contributed by atoms with Crippen molar-refractivity contribution in [2.24, 2.45) is 0 Å². The molecule has 0 aliphatic carbocycles. The number of rotatable bonds is 7. The quantitative estimate of drug-likeness (QED) is 0.796. The number of hydrogen-bond acceptors (Lipinski definition) is 5. The molecule has 122 valence electrons. The first-order chi connectivity index (χ1) is 10.7. The molecule has 0 saturated carbocycles. The minimum absolute atomic E-state index is 0.0478. The molecule has 6 heteroatoms. The van der Waals surface area contributed by atoms with E-state index in [0.29, 0.717) is 13.0 Å². The lowest BCUT2D eigenvalue weighted by molar-refractivity contribution is -0.122. The first-order valence-corrected chi connectivity index (χ1v) is 7.79. The topological polar surface area (TPSA) is 57.7 Å². The van der Waals surface area contributed by atoms with Crippen LogP contribution < -0.4 is 5.32 Å². The average molecular weight is 306 g/mol. The molecule has 22 heavy (non-hydrogen) atoms. The van der Waals surface area contributed by atoms with Crippen molar-refractivity contribution >= 4 is 5.91 Å². The van der Waals surface area contributed by atoms with Crippen LogP contribution >= 0.6 is 0 Å². The Morgan fingerprint density at radius 2 is 2.14 bits per heavy atom. The minimum Gasteiger partial charge on any atom is -0.382 e. The zero-order valence-corrected chi connectivity index (χ0v) is 13.5. The lowest BCUT2D eigenvalue weighted by Crippen LogP contribution is -2.45. The van der Waals surface area contributed by atoms with Gasteiger partial charge in [-0.3, -0.25) is 9.78 Å². The van der Waals surface area contributed by atoms with Crippen LogP contribution in [0.1, 0.15) is 18.2 Å². The van der Waals surface area contributed by atoms with Crippen molar-refractivity contribution in [2.75, 3.05) is 53.5 Å². The molecule has 1 N–H and O–H groups in total. The molecule has 0 bridgehead atoms. The first kappa shape index (κ1) is 16.9. The maximum Gasteiger partial charge on any atom is 0.221 e. The molecular weight excluding hydrogens is 280 g/mol. The molecule has 1 aliphatic heterocycles. The number of carbonyl (C=O) groups excluding carboxylic acids is 1. The van der Waals surface area contributed by atoms with E-state index in [1.807, 2.05) is 18.2 Å². The number of hydrogen-bond donors (Lipinski definition) is 1. The van der Waals surface area contributed by atoms with Crippen LogP contribution in [0.5, 0.6) is 0 Å². The Bertz CT molecular complexity index is 447. The van der Waals surface area contributed by atoms with Gasteiger partial charge in [0, 0.05) is 52.5 Å². The van der Waals surface area contributed by atoms with Crippen LogP contribution in [0.15, 0.2) is 24.4 Å². The summed E-state index contributed by atoms with van der Waals surface area (Å²) in [6, 6.07) is 5.50. The van der Waals surface area contributed by atoms with Gasteiger partial charge in [-0.05, 0) is 19.2 Å². The Balaban J connectivity index is 1.79. The molecule has 1 aromatic rings. The van der Waals surface area contributed by atoms with Gasteiger partial charge in [-0.1, -0.05) is 6.07 Å². The Labute approximate surface area is 132 Å². The van der Waals surface area contributed by atoms with Crippen LogP contribution in [-0.4, -0.2) is 74.2 Å². The molecule has 1 atom stereocenters. The van der Waals surface area contributed by atoms with Gasteiger partial charge in [-0.15, -0.1) is 0 Å². The number of ether oxygens (including phenoxy) is 1. The van der Waals surface area contributed by atoms with Crippen molar-refractivity contribution in [2.45, 2.75) is 12.5 Å². The van der Waals surface area contributed by atoms with Gasteiger partial charge < -0.3 is 19.9 Å². The lowest BCUT2D eigenvalue weighted by Gasteiger charge is -2.32. The fourth-order valence-electron chi connectivity index (χ4n) is 2.55. The molecule has 1 unspecified atom stereocenters. The minimum atomic E-state index is -0.189. The summed E-state index contributed by atoms with van der Waals surface area (Å²) >= 11 is 0. The van der Waals surface area contributed by atoms with Gasteiger partial charge in [0.25, 0.3) is 0 Å². The Kier molecular flexibility index (Phi) is 6.76. The summed E-state index contributed by atoms with van der Waals surface area (Å²) in [7, 11) is 3.76. The second-order valence-corrected chi connectivity index (χ2v) is 5.72. The van der Waals surface area contributed by atoms with Gasteiger partial charge in [-0.2, -0.15) is 0 Å². The zero-order valence-electron chi connectivity index (χ0n) is 13.5. The third-order valence-corrected chi connectivity index (χ3v) is 3.96. The molecule has 1 aliphatic rings. The van der Waals surface area contributed by atoms with Gasteiger partial charge in [-0.25, -0.2) is 0 Å². The maximum absolute atomic E-state index is 12.2. The average Bonchev–Trinajstić information content (AvgIpc) is 2.55. The highest BCUT2D eigenvalue weighted by Crippen LogP contribution is 2.10. The Morgan fingerprint density at radius 1 is 1.36 bits per heavy atom. The van der Waals surface area contributed by atoms with E-state index >= 15 is 0 Å². The zero-order chi connectivity index (χ0) is 15.8. The molecular formula is C16H26N4O2. The second-order valence-electron chi connectivity index (χ2n) is 5.72. The molecule has 1 amide bonds. The number of methoxy groups -OCH3 is 1. The molecule has 1 saturated heterocycles. The van der Waals surface area contributed by atoms with E-state index < -0.39 is 0 Å². The van der Waals surface area contributed by atoms with Crippen molar-refractivity contribution in [3.8, 4) is 0 Å². The van der Waals surface area contributed by atoms with Crippen LogP contribution in [0.4, 0.5) is 0 Å². The van der Waals surface area contributed by atoms with Crippen molar-refractivity contribution in [1.82, 2.24) is 20.1 Å². The highest BCUT2D eigenvalue weighted by Gasteiger charge is 2.18. The number of aromatic nitrogens is 1. The van der Waals surface area contributed by atoms with E-state index in [4.69, 9.17) is 4.74 Å². The largest absolute Gasteiger partial charge is 0.382 e. The van der Waals surface area contributed by atoms with Crippen molar-refractivity contribution in [3.05, 3.63) is 30.1 Å². The molecule has 0 radical (unpaired) electrons. The highest BCUT2D eigenvalue weighted by atomic mass is 16.5. The predicted octanol–water partition coefficient (Wildman–Crippen LogP) is 0.523. The van der Waals surface area contributed by atoms with Crippen molar-refractivity contribution in [1.29, 1.82) is 0 Å². The summed E-state index contributed by atoms with van der Waals surface area (Å²) < 4.78 is 5.19. The standard InChI is InChI=1S/C16H26N4O2/c1-19-9-11-20(12-10-19)8-6-16(21)18-15(13-22-2)14-5-3-4-7-17-14/h3-5,7,15H,6,8-13H2,1-2H3,(H,18,21). The number of likely N-dealkylation sites (N-methyl/N-ethyl adjacent to an activating group) is 1. The number of amides is 1. The number of nitrogens with one attached hydrogen (secondary N) is 1. The van der Waals surface area contributed by atoms with E-state index in [0.717, 1.165) is 38.4 Å². The highest BCUT2D eigenvalue weighted by molar-refractivity contribution is 5.76. The van der Waals surface area contributed by atoms with Crippen molar-refractivity contribution in [3.63, 3.8) is 0 Å². The van der Waals surface area contributed by atoms with Crippen LogP contribution in [0.2, 0.25) is 0 Å². The summed E-state index contributed by atoms with van der Waals surface area (Å²) in [6.07, 6.45) is 2.24. The maximum atomic E-state index is 12.2. The fourth-order valence-corrected chi connectivity index (χ4v) is 2.55. The summed E-state index contributed by atoms with van der Waals surface area (Å²) in [4.78, 5) is 21.1. The Hall–Kier alpha value is -1.50. The van der Waals surface area contributed by atoms with Crippen molar-refractivity contribution < 1.29 is 9.53 Å². The lowest BCUT2D eigenvalue weighted by atomic mass is 10.2. The van der Waals surface area contributed by atoms with Crippen LogP contribution in [0.25, 0.3) is 0 Å². The Morgan fingerprint density at radius 3 is 2.77 bits per heavy atom. The summed E-state index contributed by atoms with van der Waals surface area (Å²) in [5, 5.41) is 3.02. The monoisotopic (exact) mass is 306 g/mol. The van der Waals surface area contributed by atoms with Gasteiger partial charge in [0.1, 0.15) is 0 Å². The number of pyridine rings is 1. The van der Waals surface area contributed by atoms with E-state index in [9.17, 15) is 4.79 Å². The molecule has 6 nitrogen and oxygen atoms in total. The molecule has 1 aromatic heterocycles. The van der Waals surface area contributed by atoms with Crippen LogP contribution in [0.3, 0.4) is 0 Å². The molecule has 2 heterocycles. The summed E-state index contributed by atoms with van der Waals surface area (Å²) in [6.45, 7) is 5.44. The van der Waals surface area contributed by atoms with Gasteiger partial charge in [0.2, 0.25) is 5.91 Å². The third kappa shape index (κ3) is 5.36. The molecule has 2 rings (SSSR count). The van der Waals surface area contributed by atoms with Gasteiger partial charge in [0.15, 0.2) is 0 Å². The van der Waals surface area contributed by atoms with Gasteiger partial charge in [0.05, 0.1) is 18.3 Å². The smallest absolute Gasteiger partial charge is 0.221 e. The molecule has 1 fully saturated rings. The summed E-state index contributed by atoms with van der Waals surface area (Å²) in [5.41, 5.74) is 0.831. The second kappa shape index (κ2) is 8.82. The summed E-state index contributed by atoms with van der Waals surface area (Å²) in [5.74, 6) is 0.0478. The fraction of sp³-hybridized carbons (Fsp3) is 0.625. The number of nitrogens with zero attached hydrogens (tertiary/aromatic N) is 3.